The Balaban J connectivity index is 1.63. The van der Waals surface area contributed by atoms with Crippen LogP contribution in [0.2, 0.25) is 0 Å². The number of carbonyl (C=O) groups is 2. The molecule has 0 saturated carbocycles. The summed E-state index contributed by atoms with van der Waals surface area (Å²) in [5, 5.41) is 3.12. The molecule has 0 spiro atoms. The summed E-state index contributed by atoms with van der Waals surface area (Å²) in [5.74, 6) is 0.0730. The number of carbonyl (C=O) groups excluding carboxylic acids is 2. The van der Waals surface area contributed by atoms with Gasteiger partial charge >= 0.3 is 0 Å². The predicted molar refractivity (Wildman–Crippen MR) is 150 cm³/mol. The largest absolute Gasteiger partial charge is 0.385 e. The molecule has 3 aromatic rings. The van der Waals surface area contributed by atoms with E-state index in [1.807, 2.05) is 102 Å². The number of hydrogen-bond donors (Lipinski definition) is 1. The van der Waals surface area contributed by atoms with Crippen LogP contribution >= 0.6 is 0 Å². The third-order valence-corrected chi connectivity index (χ3v) is 6.27. The van der Waals surface area contributed by atoms with Crippen LogP contribution in [0.4, 0.5) is 0 Å². The van der Waals surface area contributed by atoms with Gasteiger partial charge in [0.2, 0.25) is 0 Å². The molecule has 0 aliphatic carbocycles. The average Bonchev–Trinajstić information content (AvgIpc) is 2.94. The molecule has 0 fully saturated rings. The third-order valence-electron chi connectivity index (χ3n) is 6.27. The van der Waals surface area contributed by atoms with Crippen LogP contribution in [0.25, 0.3) is 0 Å². The molecular formula is C31H39N3O4. The number of ketones is 1. The van der Waals surface area contributed by atoms with E-state index in [4.69, 9.17) is 9.47 Å². The Morgan fingerprint density at radius 3 is 1.84 bits per heavy atom. The van der Waals surface area contributed by atoms with E-state index in [9.17, 15) is 9.59 Å². The van der Waals surface area contributed by atoms with E-state index in [2.05, 4.69) is 5.32 Å². The second kappa shape index (κ2) is 15.8. The first kappa shape index (κ1) is 29.2. The zero-order valence-corrected chi connectivity index (χ0v) is 22.6. The first-order chi connectivity index (χ1) is 18.5. The Labute approximate surface area is 226 Å². The fraction of sp³-hybridized carbons (Fsp3) is 0.355. The number of amides is 1. The van der Waals surface area contributed by atoms with Crippen LogP contribution in [-0.2, 0) is 33.9 Å². The van der Waals surface area contributed by atoms with Crippen molar-refractivity contribution in [2.45, 2.75) is 32.1 Å². The van der Waals surface area contributed by atoms with Crippen LogP contribution in [0.5, 0.6) is 0 Å². The zero-order chi connectivity index (χ0) is 27.2. The Bertz CT molecular complexity index is 1060. The molecule has 38 heavy (non-hydrogen) atoms. The zero-order valence-electron chi connectivity index (χ0n) is 22.6. The second-order valence-corrected chi connectivity index (χ2v) is 9.44. The van der Waals surface area contributed by atoms with Crippen LogP contribution in [0.3, 0.4) is 0 Å². The highest BCUT2D eigenvalue weighted by Crippen LogP contribution is 2.16. The van der Waals surface area contributed by atoms with Gasteiger partial charge in [0.1, 0.15) is 0 Å². The number of hydrogen-bond acceptors (Lipinski definition) is 6. The van der Waals surface area contributed by atoms with Crippen LogP contribution in [0, 0.1) is 0 Å². The monoisotopic (exact) mass is 517 g/mol. The fourth-order valence-electron chi connectivity index (χ4n) is 4.28. The molecule has 7 heteroatoms. The van der Waals surface area contributed by atoms with E-state index < -0.39 is 0 Å². The standard InChI is InChI=1S/C31H39N3O4/c1-33(23-30(35)29(18-19-37-2)32-24-38-3)20-27-14-16-28(17-15-27)31(36)34(21-25-10-6-4-7-11-25)22-26-12-8-5-9-13-26/h4-17,29,32H,18-24H2,1-3H3. The van der Waals surface area contributed by atoms with Crippen molar-refractivity contribution in [3.8, 4) is 0 Å². The lowest BCUT2D eigenvalue weighted by Gasteiger charge is -2.24. The quantitative estimate of drug-likeness (QED) is 0.288. The number of rotatable bonds is 16. The molecule has 7 nitrogen and oxygen atoms in total. The van der Waals surface area contributed by atoms with E-state index in [0.29, 0.717) is 51.5 Å². The van der Waals surface area contributed by atoms with E-state index in [1.165, 1.54) is 0 Å². The van der Waals surface area contributed by atoms with Crippen molar-refractivity contribution in [2.75, 3.05) is 41.1 Å². The molecule has 202 valence electrons. The molecule has 0 bridgehead atoms. The van der Waals surface area contributed by atoms with Gasteiger partial charge in [0, 0.05) is 46.0 Å². The summed E-state index contributed by atoms with van der Waals surface area (Å²) in [6.45, 7) is 2.76. The van der Waals surface area contributed by atoms with Crippen LogP contribution < -0.4 is 5.32 Å². The highest BCUT2D eigenvalue weighted by Gasteiger charge is 2.20. The van der Waals surface area contributed by atoms with Gasteiger partial charge in [-0.1, -0.05) is 72.8 Å². The summed E-state index contributed by atoms with van der Waals surface area (Å²) in [6, 6.07) is 27.4. The minimum atomic E-state index is -0.322. The minimum Gasteiger partial charge on any atom is -0.385 e. The van der Waals surface area contributed by atoms with Crippen LogP contribution in [0.1, 0.15) is 33.5 Å². The molecule has 1 N–H and O–H groups in total. The van der Waals surface area contributed by atoms with E-state index in [1.54, 1.807) is 14.2 Å². The van der Waals surface area contributed by atoms with Gasteiger partial charge in [-0.05, 0) is 42.3 Å². The summed E-state index contributed by atoms with van der Waals surface area (Å²) in [6.07, 6.45) is 0.589. The van der Waals surface area contributed by atoms with Crippen molar-refractivity contribution in [2.24, 2.45) is 0 Å². The molecule has 0 saturated heterocycles. The lowest BCUT2D eigenvalue weighted by atomic mass is 10.1. The van der Waals surface area contributed by atoms with Crippen LogP contribution in [-0.4, -0.2) is 68.7 Å². The van der Waals surface area contributed by atoms with Gasteiger partial charge in [0.05, 0.1) is 19.3 Å². The first-order valence-corrected chi connectivity index (χ1v) is 12.9. The van der Waals surface area contributed by atoms with Gasteiger partial charge in [-0.3, -0.25) is 19.8 Å². The summed E-state index contributed by atoms with van der Waals surface area (Å²) < 4.78 is 10.2. The van der Waals surface area contributed by atoms with Crippen molar-refractivity contribution >= 4 is 11.7 Å². The number of nitrogens with one attached hydrogen (secondary N) is 1. The molecule has 0 heterocycles. The summed E-state index contributed by atoms with van der Waals surface area (Å²) >= 11 is 0. The SMILES string of the molecule is COCCC(NCOC)C(=O)CN(C)Cc1ccc(C(=O)N(Cc2ccccc2)Cc2ccccc2)cc1. The third kappa shape index (κ3) is 9.50. The topological polar surface area (TPSA) is 71.1 Å². The minimum absolute atomic E-state index is 0.0157. The van der Waals surface area contributed by atoms with Crippen molar-refractivity contribution in [3.63, 3.8) is 0 Å². The van der Waals surface area contributed by atoms with E-state index in [-0.39, 0.29) is 17.7 Å². The Morgan fingerprint density at radius 1 is 0.763 bits per heavy atom. The number of Topliss-reactive ketones (excluding diaryl/α,β-unsaturated/α-hetero) is 1. The highest BCUT2D eigenvalue weighted by molar-refractivity contribution is 5.94. The Morgan fingerprint density at radius 2 is 1.32 bits per heavy atom. The molecule has 0 aliphatic rings. The Kier molecular flexibility index (Phi) is 12.1. The van der Waals surface area contributed by atoms with Crippen LogP contribution in [0.15, 0.2) is 84.9 Å². The number of nitrogens with zero attached hydrogens (tertiary/aromatic N) is 2. The number of methoxy groups -OCH3 is 2. The van der Waals surface area contributed by atoms with Crippen molar-refractivity contribution in [1.29, 1.82) is 0 Å². The van der Waals surface area contributed by atoms with Gasteiger partial charge in [-0.2, -0.15) is 0 Å². The average molecular weight is 518 g/mol. The summed E-state index contributed by atoms with van der Waals surface area (Å²) in [7, 11) is 5.14. The Hall–Kier alpha value is -3.36. The molecule has 0 aromatic heterocycles. The molecule has 3 aromatic carbocycles. The first-order valence-electron chi connectivity index (χ1n) is 12.9. The van der Waals surface area contributed by atoms with Crippen molar-refractivity contribution < 1.29 is 19.1 Å². The van der Waals surface area contributed by atoms with Gasteiger partial charge in [0.15, 0.2) is 5.78 Å². The molecule has 0 aliphatic heterocycles. The molecule has 1 atom stereocenters. The maximum absolute atomic E-state index is 13.5. The van der Waals surface area contributed by atoms with Crippen molar-refractivity contribution in [1.82, 2.24) is 15.1 Å². The van der Waals surface area contributed by atoms with E-state index in [0.717, 1.165) is 16.7 Å². The number of likely N-dealkylation sites (N-methyl/N-ethyl adjacent to an activating group) is 1. The molecular weight excluding hydrogens is 478 g/mol. The molecule has 1 unspecified atom stereocenters. The highest BCUT2D eigenvalue weighted by atomic mass is 16.5. The van der Waals surface area contributed by atoms with E-state index >= 15 is 0 Å². The number of benzene rings is 3. The van der Waals surface area contributed by atoms with Gasteiger partial charge in [-0.15, -0.1) is 0 Å². The van der Waals surface area contributed by atoms with Gasteiger partial charge in [-0.25, -0.2) is 0 Å². The molecule has 1 amide bonds. The lowest BCUT2D eigenvalue weighted by Crippen LogP contribution is -2.43. The maximum atomic E-state index is 13.5. The number of ether oxygens (including phenoxy) is 2. The lowest BCUT2D eigenvalue weighted by molar-refractivity contribution is -0.123. The predicted octanol–water partition coefficient (Wildman–Crippen LogP) is 4.13. The maximum Gasteiger partial charge on any atom is 0.254 e. The molecule has 3 rings (SSSR count). The summed E-state index contributed by atoms with van der Waals surface area (Å²) in [5.41, 5.74) is 3.85. The second-order valence-electron chi connectivity index (χ2n) is 9.44. The van der Waals surface area contributed by atoms with Gasteiger partial charge in [0.25, 0.3) is 5.91 Å². The molecule has 0 radical (unpaired) electrons. The fourth-order valence-corrected chi connectivity index (χ4v) is 4.28. The van der Waals surface area contributed by atoms with Gasteiger partial charge < -0.3 is 14.4 Å². The smallest absolute Gasteiger partial charge is 0.254 e. The summed E-state index contributed by atoms with van der Waals surface area (Å²) in [4.78, 5) is 30.2. The normalized spacial score (nSPS) is 11.9. The van der Waals surface area contributed by atoms with Crippen molar-refractivity contribution in [3.05, 3.63) is 107 Å².